The number of hydrogen-bond acceptors (Lipinski definition) is 8. The second kappa shape index (κ2) is 15.1. The molecule has 4 fully saturated rings. The van der Waals surface area contributed by atoms with Crippen LogP contribution in [0.5, 0.6) is 0 Å². The summed E-state index contributed by atoms with van der Waals surface area (Å²) in [5.74, 6) is -1.41. The fraction of sp³-hybridized carbons (Fsp3) is 0.513. The van der Waals surface area contributed by atoms with Crippen molar-refractivity contribution in [1.29, 1.82) is 0 Å². The predicted octanol–water partition coefficient (Wildman–Crippen LogP) is 4.51. The molecule has 0 saturated carbocycles. The van der Waals surface area contributed by atoms with E-state index in [1.54, 1.807) is 19.3 Å². The first-order chi connectivity index (χ1) is 25.0. The van der Waals surface area contributed by atoms with Crippen molar-refractivity contribution in [3.8, 4) is 0 Å². The molecule has 52 heavy (non-hydrogen) atoms. The monoisotopic (exact) mass is 731 g/mol. The predicted molar refractivity (Wildman–Crippen MR) is 197 cm³/mol. The summed E-state index contributed by atoms with van der Waals surface area (Å²) in [7, 11) is 3.66. The van der Waals surface area contributed by atoms with Crippen molar-refractivity contribution in [2.45, 2.75) is 69.4 Å². The lowest BCUT2D eigenvalue weighted by Gasteiger charge is -2.47. The number of nitrogens with zero attached hydrogens (tertiary/aromatic N) is 5. The lowest BCUT2D eigenvalue weighted by atomic mass is 9.71. The lowest BCUT2D eigenvalue weighted by Crippen LogP contribution is -2.48. The molecule has 5 heterocycles. The molecule has 4 saturated heterocycles. The molecule has 7 rings (SSSR count). The van der Waals surface area contributed by atoms with Crippen LogP contribution in [-0.4, -0.2) is 94.6 Å². The van der Waals surface area contributed by atoms with Gasteiger partial charge < -0.3 is 15.1 Å². The SMILES string of the molecule is CN1C[C@@H](Nc2cnn(C)c(=O)c2Cl)C[C@@H](c2ccc(C(=O)N3CCC4(CCN(Cc5ccc(C6CCC(=O)NC6=O)c(F)c5)CC4)CC3)cc2)C1. The highest BCUT2D eigenvalue weighted by Gasteiger charge is 2.39. The van der Waals surface area contributed by atoms with Crippen molar-refractivity contribution < 1.29 is 18.8 Å². The van der Waals surface area contributed by atoms with Crippen molar-refractivity contribution in [2.24, 2.45) is 12.5 Å². The smallest absolute Gasteiger partial charge is 0.287 e. The Balaban J connectivity index is 0.888. The minimum Gasteiger partial charge on any atom is -0.378 e. The normalized spacial score (nSPS) is 24.2. The van der Waals surface area contributed by atoms with E-state index in [1.165, 1.54) is 16.3 Å². The average Bonchev–Trinajstić information content (AvgIpc) is 3.13. The Morgan fingerprint density at radius 1 is 1.00 bits per heavy atom. The second-order valence-electron chi connectivity index (χ2n) is 15.3. The Morgan fingerprint density at radius 2 is 1.71 bits per heavy atom. The molecule has 1 unspecified atom stereocenters. The molecule has 276 valence electrons. The Labute approximate surface area is 308 Å². The zero-order valence-corrected chi connectivity index (χ0v) is 30.6. The van der Waals surface area contributed by atoms with Crippen LogP contribution in [0.3, 0.4) is 0 Å². The number of rotatable bonds is 7. The van der Waals surface area contributed by atoms with Crippen LogP contribution < -0.4 is 16.2 Å². The molecule has 3 aromatic rings. The summed E-state index contributed by atoms with van der Waals surface area (Å²) < 4.78 is 16.3. The molecule has 0 bridgehead atoms. The Hall–Kier alpha value is -4.13. The van der Waals surface area contributed by atoms with Crippen LogP contribution in [0.25, 0.3) is 0 Å². The molecular weight excluding hydrogens is 685 g/mol. The summed E-state index contributed by atoms with van der Waals surface area (Å²) in [6, 6.07) is 13.3. The number of amides is 3. The molecule has 13 heteroatoms. The number of carbonyl (C=O) groups is 3. The first kappa shape index (κ1) is 36.2. The molecule has 3 atom stereocenters. The minimum atomic E-state index is -0.626. The van der Waals surface area contributed by atoms with Crippen LogP contribution in [0.1, 0.15) is 83.8 Å². The Bertz CT molecular complexity index is 1880. The minimum absolute atomic E-state index is 0.0784. The number of carbonyl (C=O) groups excluding carboxylic acids is 3. The number of piperidine rings is 4. The largest absolute Gasteiger partial charge is 0.378 e. The first-order valence-corrected chi connectivity index (χ1v) is 18.8. The van der Waals surface area contributed by atoms with Crippen LogP contribution in [0.15, 0.2) is 53.5 Å². The zero-order valence-electron chi connectivity index (χ0n) is 29.9. The highest BCUT2D eigenvalue weighted by atomic mass is 35.5. The number of likely N-dealkylation sites (N-methyl/N-ethyl adjacent to an activating group) is 1. The van der Waals surface area contributed by atoms with Gasteiger partial charge in [0.15, 0.2) is 0 Å². The summed E-state index contributed by atoms with van der Waals surface area (Å²) in [5.41, 5.74) is 3.57. The zero-order chi connectivity index (χ0) is 36.6. The van der Waals surface area contributed by atoms with Gasteiger partial charge in [0.2, 0.25) is 11.8 Å². The van der Waals surface area contributed by atoms with Crippen molar-refractivity contribution in [1.82, 2.24) is 29.8 Å². The van der Waals surface area contributed by atoms with Gasteiger partial charge in [0.1, 0.15) is 10.8 Å². The fourth-order valence-electron chi connectivity index (χ4n) is 8.65. The van der Waals surface area contributed by atoms with Crippen LogP contribution >= 0.6 is 11.6 Å². The molecule has 2 N–H and O–H groups in total. The molecule has 3 amide bonds. The van der Waals surface area contributed by atoms with Crippen molar-refractivity contribution in [3.63, 3.8) is 0 Å². The number of aromatic nitrogens is 2. The van der Waals surface area contributed by atoms with Gasteiger partial charge in [0.05, 0.1) is 17.8 Å². The maximum Gasteiger partial charge on any atom is 0.287 e. The number of nitrogens with one attached hydrogen (secondary N) is 2. The van der Waals surface area contributed by atoms with Crippen LogP contribution in [-0.2, 0) is 23.2 Å². The number of hydrogen-bond donors (Lipinski definition) is 2. The maximum atomic E-state index is 15.1. The highest BCUT2D eigenvalue weighted by molar-refractivity contribution is 6.32. The molecule has 4 aliphatic heterocycles. The van der Waals surface area contributed by atoms with Gasteiger partial charge in [-0.15, -0.1) is 0 Å². The lowest BCUT2D eigenvalue weighted by molar-refractivity contribution is -0.134. The standard InChI is InChI=1S/C39H47ClFN7O4/c1-45-23-28(20-29(24-45)43-33-21-42-46(2)38(52)35(33)40)26-4-6-27(7-5-26)37(51)48-17-13-39(14-18-48)11-15-47(16-12-39)22-25-3-8-30(32(41)19-25)31-9-10-34(49)44-36(31)50/h3-8,19,21,28-29,31,43H,9-18,20,22-24H2,1-2H3,(H,44,49,50)/t28-,29+,31?/m1/s1. The van der Waals surface area contributed by atoms with Gasteiger partial charge >= 0.3 is 0 Å². The molecular formula is C39H47ClFN7O4. The van der Waals surface area contributed by atoms with Crippen molar-refractivity contribution in [2.75, 3.05) is 51.6 Å². The van der Waals surface area contributed by atoms with Gasteiger partial charge in [-0.1, -0.05) is 35.9 Å². The van der Waals surface area contributed by atoms with E-state index in [-0.39, 0.29) is 46.2 Å². The van der Waals surface area contributed by atoms with E-state index < -0.39 is 17.6 Å². The fourth-order valence-corrected chi connectivity index (χ4v) is 8.87. The third-order valence-electron chi connectivity index (χ3n) is 11.8. The number of benzene rings is 2. The third kappa shape index (κ3) is 7.79. The third-order valence-corrected chi connectivity index (χ3v) is 12.2. The molecule has 1 spiro atoms. The van der Waals surface area contributed by atoms with Gasteiger partial charge in [0.25, 0.3) is 11.5 Å². The van der Waals surface area contributed by atoms with Crippen LogP contribution in [0, 0.1) is 11.2 Å². The summed E-state index contributed by atoms with van der Waals surface area (Å²) >= 11 is 6.31. The number of likely N-dealkylation sites (tertiary alicyclic amines) is 3. The number of aryl methyl sites for hydroxylation is 1. The molecule has 1 aromatic heterocycles. The van der Waals surface area contributed by atoms with E-state index in [2.05, 4.69) is 44.7 Å². The molecule has 4 aliphatic rings. The molecule has 2 aromatic carbocycles. The van der Waals surface area contributed by atoms with E-state index in [0.29, 0.717) is 29.8 Å². The van der Waals surface area contributed by atoms with Gasteiger partial charge in [-0.2, -0.15) is 5.10 Å². The maximum absolute atomic E-state index is 15.1. The van der Waals surface area contributed by atoms with E-state index in [1.807, 2.05) is 23.1 Å². The summed E-state index contributed by atoms with van der Waals surface area (Å²) in [6.07, 6.45) is 7.08. The number of imide groups is 1. The summed E-state index contributed by atoms with van der Waals surface area (Å²) in [5, 5.41) is 10.00. The summed E-state index contributed by atoms with van der Waals surface area (Å²) in [4.78, 5) is 56.2. The van der Waals surface area contributed by atoms with Crippen molar-refractivity contribution >= 4 is 35.0 Å². The topological polar surface area (TPSA) is 120 Å². The average molecular weight is 732 g/mol. The van der Waals surface area contributed by atoms with Crippen LogP contribution in [0.4, 0.5) is 10.1 Å². The quantitative estimate of drug-likeness (QED) is 0.341. The van der Waals surface area contributed by atoms with Crippen LogP contribution in [0.2, 0.25) is 5.02 Å². The first-order valence-electron chi connectivity index (χ1n) is 18.4. The molecule has 0 aliphatic carbocycles. The Morgan fingerprint density at radius 3 is 2.40 bits per heavy atom. The second-order valence-corrected chi connectivity index (χ2v) is 15.7. The summed E-state index contributed by atoms with van der Waals surface area (Å²) in [6.45, 7) is 5.70. The molecule has 0 radical (unpaired) electrons. The van der Waals surface area contributed by atoms with Gasteiger partial charge in [-0.05, 0) is 99.3 Å². The van der Waals surface area contributed by atoms with Gasteiger partial charge in [-0.3, -0.25) is 29.4 Å². The van der Waals surface area contributed by atoms with Gasteiger partial charge in [-0.25, -0.2) is 9.07 Å². The van der Waals surface area contributed by atoms with E-state index in [0.717, 1.165) is 76.9 Å². The number of anilines is 1. The van der Waals surface area contributed by atoms with Gasteiger partial charge in [0, 0.05) is 63.4 Å². The number of halogens is 2. The highest BCUT2D eigenvalue weighted by Crippen LogP contribution is 2.42. The van der Waals surface area contributed by atoms with E-state index >= 15 is 4.39 Å². The van der Waals surface area contributed by atoms with E-state index in [9.17, 15) is 19.2 Å². The molecule has 11 nitrogen and oxygen atoms in total. The van der Waals surface area contributed by atoms with E-state index in [4.69, 9.17) is 11.6 Å². The Kier molecular flexibility index (Phi) is 10.5. The van der Waals surface area contributed by atoms with Crippen molar-refractivity contribution in [3.05, 3.63) is 92.1 Å².